The number of nitrogens with one attached hydrogen (secondary N) is 1. The molecule has 7 nitrogen and oxygen atoms in total. The predicted molar refractivity (Wildman–Crippen MR) is 91.1 cm³/mol. The van der Waals surface area contributed by atoms with Crippen molar-refractivity contribution in [1.29, 1.82) is 0 Å². The average Bonchev–Trinajstić information content (AvgIpc) is 2.89. The number of nitrogen functional groups attached to an aromatic ring is 1. The fourth-order valence-corrected chi connectivity index (χ4v) is 2.60. The highest BCUT2D eigenvalue weighted by Gasteiger charge is 2.11. The largest absolute Gasteiger partial charge is 0.494 e. The van der Waals surface area contributed by atoms with Crippen LogP contribution >= 0.6 is 11.8 Å². The normalized spacial score (nSPS) is 10.5. The van der Waals surface area contributed by atoms with Gasteiger partial charge in [0.25, 0.3) is 0 Å². The average molecular weight is 335 g/mol. The molecule has 0 unspecified atom stereocenters. The van der Waals surface area contributed by atoms with Gasteiger partial charge in [-0.2, -0.15) is 0 Å². The van der Waals surface area contributed by atoms with Gasteiger partial charge in [0.05, 0.1) is 12.4 Å². The van der Waals surface area contributed by atoms with Crippen molar-refractivity contribution in [1.82, 2.24) is 14.9 Å². The SMILES string of the molecule is CCCc1nnc(SCC(=O)Nc2ccc(OCC)cc2)n1N. The lowest BCUT2D eigenvalue weighted by Crippen LogP contribution is -2.17. The number of anilines is 1. The summed E-state index contributed by atoms with van der Waals surface area (Å²) in [4.78, 5) is 12.0. The summed E-state index contributed by atoms with van der Waals surface area (Å²) in [5.74, 6) is 7.49. The van der Waals surface area contributed by atoms with E-state index in [-0.39, 0.29) is 11.7 Å². The van der Waals surface area contributed by atoms with Crippen LogP contribution in [0.3, 0.4) is 0 Å². The Morgan fingerprint density at radius 2 is 2.04 bits per heavy atom. The van der Waals surface area contributed by atoms with Crippen molar-refractivity contribution in [2.75, 3.05) is 23.5 Å². The Hall–Kier alpha value is -2.22. The molecule has 0 spiro atoms. The number of amides is 1. The lowest BCUT2D eigenvalue weighted by atomic mass is 10.3. The monoisotopic (exact) mass is 335 g/mol. The molecule has 8 heteroatoms. The van der Waals surface area contributed by atoms with Crippen molar-refractivity contribution in [2.45, 2.75) is 31.8 Å². The zero-order chi connectivity index (χ0) is 16.7. The van der Waals surface area contributed by atoms with Gasteiger partial charge in [-0.1, -0.05) is 18.7 Å². The highest BCUT2D eigenvalue weighted by Crippen LogP contribution is 2.18. The number of carbonyl (C=O) groups excluding carboxylic acids is 1. The van der Waals surface area contributed by atoms with Crippen molar-refractivity contribution >= 4 is 23.4 Å². The highest BCUT2D eigenvalue weighted by molar-refractivity contribution is 7.99. The molecule has 1 aromatic heterocycles. The van der Waals surface area contributed by atoms with E-state index in [0.29, 0.717) is 11.8 Å². The van der Waals surface area contributed by atoms with Crippen LogP contribution in [0.2, 0.25) is 0 Å². The predicted octanol–water partition coefficient (Wildman–Crippen LogP) is 2.07. The van der Waals surface area contributed by atoms with Gasteiger partial charge in [-0.3, -0.25) is 4.79 Å². The van der Waals surface area contributed by atoms with Crippen molar-refractivity contribution in [3.63, 3.8) is 0 Å². The maximum absolute atomic E-state index is 12.0. The number of rotatable bonds is 8. The van der Waals surface area contributed by atoms with Crippen molar-refractivity contribution < 1.29 is 9.53 Å². The molecule has 3 N–H and O–H groups in total. The first kappa shape index (κ1) is 17.1. The Labute approximate surface area is 139 Å². The summed E-state index contributed by atoms with van der Waals surface area (Å²) in [5, 5.41) is 11.4. The van der Waals surface area contributed by atoms with Gasteiger partial charge in [0.15, 0.2) is 5.82 Å². The molecule has 23 heavy (non-hydrogen) atoms. The van der Waals surface area contributed by atoms with Gasteiger partial charge >= 0.3 is 0 Å². The third-order valence-electron chi connectivity index (χ3n) is 2.99. The molecule has 0 aliphatic heterocycles. The third-order valence-corrected chi connectivity index (χ3v) is 3.93. The zero-order valence-electron chi connectivity index (χ0n) is 13.3. The summed E-state index contributed by atoms with van der Waals surface area (Å²) in [5.41, 5.74) is 0.722. The van der Waals surface area contributed by atoms with E-state index in [9.17, 15) is 4.79 Å². The number of nitrogens with zero attached hydrogens (tertiary/aromatic N) is 3. The quantitative estimate of drug-likeness (QED) is 0.566. The van der Waals surface area contributed by atoms with Crippen LogP contribution in [0.1, 0.15) is 26.1 Å². The van der Waals surface area contributed by atoms with Crippen LogP contribution in [0.5, 0.6) is 5.75 Å². The van der Waals surface area contributed by atoms with Gasteiger partial charge in [0.2, 0.25) is 11.1 Å². The maximum Gasteiger partial charge on any atom is 0.234 e. The van der Waals surface area contributed by atoms with Crippen LogP contribution in [0, 0.1) is 0 Å². The number of aryl methyl sites for hydroxylation is 1. The van der Waals surface area contributed by atoms with Crippen LogP contribution in [0.25, 0.3) is 0 Å². The van der Waals surface area contributed by atoms with Gasteiger partial charge in [-0.25, -0.2) is 4.68 Å². The molecule has 0 saturated heterocycles. The highest BCUT2D eigenvalue weighted by atomic mass is 32.2. The summed E-state index contributed by atoms with van der Waals surface area (Å²) >= 11 is 1.26. The second-order valence-corrected chi connectivity index (χ2v) is 5.76. The second-order valence-electron chi connectivity index (χ2n) is 4.81. The molecule has 0 atom stereocenters. The molecule has 2 aromatic rings. The van der Waals surface area contributed by atoms with Crippen LogP contribution in [-0.2, 0) is 11.2 Å². The minimum atomic E-state index is -0.126. The van der Waals surface area contributed by atoms with Crippen LogP contribution in [0.15, 0.2) is 29.4 Å². The molecule has 0 bridgehead atoms. The van der Waals surface area contributed by atoms with E-state index in [1.807, 2.05) is 26.0 Å². The molecular formula is C15H21N5O2S. The van der Waals surface area contributed by atoms with Gasteiger partial charge < -0.3 is 15.9 Å². The van der Waals surface area contributed by atoms with Crippen molar-refractivity contribution in [2.24, 2.45) is 0 Å². The minimum Gasteiger partial charge on any atom is -0.494 e. The summed E-state index contributed by atoms with van der Waals surface area (Å²) in [7, 11) is 0. The summed E-state index contributed by atoms with van der Waals surface area (Å²) in [6.07, 6.45) is 1.71. The first-order valence-corrected chi connectivity index (χ1v) is 8.47. The molecule has 1 heterocycles. The summed E-state index contributed by atoms with van der Waals surface area (Å²) in [6, 6.07) is 7.25. The Bertz CT molecular complexity index is 642. The zero-order valence-corrected chi connectivity index (χ0v) is 14.1. The maximum atomic E-state index is 12.0. The number of carbonyl (C=O) groups is 1. The van der Waals surface area contributed by atoms with E-state index in [4.69, 9.17) is 10.6 Å². The number of hydrogen-bond acceptors (Lipinski definition) is 6. The number of aromatic nitrogens is 3. The lowest BCUT2D eigenvalue weighted by Gasteiger charge is -2.07. The van der Waals surface area contributed by atoms with Gasteiger partial charge in [-0.15, -0.1) is 10.2 Å². The second kappa shape index (κ2) is 8.42. The van der Waals surface area contributed by atoms with E-state index < -0.39 is 0 Å². The molecule has 0 radical (unpaired) electrons. The number of ether oxygens (including phenoxy) is 1. The minimum absolute atomic E-state index is 0.126. The fraction of sp³-hybridized carbons (Fsp3) is 0.400. The van der Waals surface area contributed by atoms with Gasteiger partial charge in [0, 0.05) is 12.1 Å². The molecule has 0 aliphatic carbocycles. The molecular weight excluding hydrogens is 314 g/mol. The number of thioether (sulfide) groups is 1. The Kier molecular flexibility index (Phi) is 6.28. The topological polar surface area (TPSA) is 95.1 Å². The first-order chi connectivity index (χ1) is 11.1. The van der Waals surface area contributed by atoms with Gasteiger partial charge in [-0.05, 0) is 37.6 Å². The smallest absolute Gasteiger partial charge is 0.234 e. The Morgan fingerprint density at radius 1 is 1.30 bits per heavy atom. The molecule has 0 aliphatic rings. The number of benzene rings is 1. The van der Waals surface area contributed by atoms with E-state index >= 15 is 0 Å². The Balaban J connectivity index is 1.85. The van der Waals surface area contributed by atoms with E-state index in [1.165, 1.54) is 16.4 Å². The van der Waals surface area contributed by atoms with E-state index in [1.54, 1.807) is 12.1 Å². The fourth-order valence-electron chi connectivity index (χ4n) is 1.93. The van der Waals surface area contributed by atoms with Crippen LogP contribution in [-0.4, -0.2) is 33.1 Å². The summed E-state index contributed by atoms with van der Waals surface area (Å²) < 4.78 is 6.80. The van der Waals surface area contributed by atoms with E-state index in [0.717, 1.165) is 30.1 Å². The number of nitrogens with two attached hydrogens (primary N) is 1. The lowest BCUT2D eigenvalue weighted by molar-refractivity contribution is -0.113. The van der Waals surface area contributed by atoms with Crippen molar-refractivity contribution in [3.8, 4) is 5.75 Å². The number of hydrogen-bond donors (Lipinski definition) is 2. The Morgan fingerprint density at radius 3 is 2.70 bits per heavy atom. The van der Waals surface area contributed by atoms with Crippen LogP contribution in [0.4, 0.5) is 5.69 Å². The molecule has 124 valence electrons. The first-order valence-electron chi connectivity index (χ1n) is 7.49. The third kappa shape index (κ3) is 4.88. The standard InChI is InChI=1S/C15H21N5O2S/c1-3-5-13-18-19-15(20(13)16)23-10-14(21)17-11-6-8-12(9-7-11)22-4-2/h6-9H,3-5,10,16H2,1-2H3,(H,17,21). The van der Waals surface area contributed by atoms with Gasteiger partial charge in [0.1, 0.15) is 5.75 Å². The summed E-state index contributed by atoms with van der Waals surface area (Å²) in [6.45, 7) is 4.59. The molecule has 1 aromatic carbocycles. The molecule has 2 rings (SSSR count). The molecule has 0 saturated carbocycles. The molecule has 1 amide bonds. The molecule has 0 fully saturated rings. The van der Waals surface area contributed by atoms with Crippen molar-refractivity contribution in [3.05, 3.63) is 30.1 Å². The van der Waals surface area contributed by atoms with E-state index in [2.05, 4.69) is 15.5 Å². The van der Waals surface area contributed by atoms with Crippen LogP contribution < -0.4 is 15.9 Å².